The first-order chi connectivity index (χ1) is 12.2. The van der Waals surface area contributed by atoms with Crippen molar-refractivity contribution in [3.63, 3.8) is 0 Å². The van der Waals surface area contributed by atoms with Gasteiger partial charge in [-0.1, -0.05) is 32.6 Å². The molecule has 26 heavy (non-hydrogen) atoms. The molecule has 0 fully saturated rings. The topological polar surface area (TPSA) is 0 Å². The predicted molar refractivity (Wildman–Crippen MR) is 125 cm³/mol. The van der Waals surface area contributed by atoms with Gasteiger partial charge in [-0.2, -0.15) is 0 Å². The summed E-state index contributed by atoms with van der Waals surface area (Å²) in [7, 11) is 0. The van der Waals surface area contributed by atoms with Gasteiger partial charge in [-0.15, -0.1) is 92.8 Å². The van der Waals surface area contributed by atoms with Crippen molar-refractivity contribution < 1.29 is 0 Å². The highest BCUT2D eigenvalue weighted by molar-refractivity contribution is 6.33. The molecule has 0 aliphatic rings. The molecule has 0 saturated carbocycles. The summed E-state index contributed by atoms with van der Waals surface area (Å²) < 4.78 is 0. The highest BCUT2D eigenvalue weighted by Crippen LogP contribution is 2.30. The zero-order valence-corrected chi connectivity index (χ0v) is 21.2. The summed E-state index contributed by atoms with van der Waals surface area (Å²) in [6.45, 7) is 1.99. The minimum Gasteiger partial charge on any atom is -0.125 e. The maximum Gasteiger partial charge on any atom is 0.0514 e. The molecule has 7 atom stereocenters. The molecule has 0 bridgehead atoms. The minimum atomic E-state index is -0.279. The molecule has 8 heteroatoms. The third-order valence-electron chi connectivity index (χ3n) is 4.38. The normalized spacial score (nSPS) is 20.2. The van der Waals surface area contributed by atoms with Gasteiger partial charge in [0.2, 0.25) is 0 Å². The van der Waals surface area contributed by atoms with Crippen molar-refractivity contribution in [3.05, 3.63) is 0 Å². The van der Waals surface area contributed by atoms with E-state index in [0.29, 0.717) is 18.7 Å². The second-order valence-electron chi connectivity index (χ2n) is 6.72. The van der Waals surface area contributed by atoms with Gasteiger partial charge in [0.25, 0.3) is 0 Å². The predicted octanol–water partition coefficient (Wildman–Crippen LogP) is 9.01. The van der Waals surface area contributed by atoms with Gasteiger partial charge in [0.05, 0.1) is 21.5 Å². The van der Waals surface area contributed by atoms with E-state index in [1.807, 2.05) is 6.92 Å². The van der Waals surface area contributed by atoms with Gasteiger partial charge in [-0.3, -0.25) is 0 Å². The number of halogens is 8. The summed E-state index contributed by atoms with van der Waals surface area (Å²) in [6.07, 6.45) is 8.11. The smallest absolute Gasteiger partial charge is 0.0514 e. The van der Waals surface area contributed by atoms with Crippen LogP contribution in [0, 0.1) is 0 Å². The third-order valence-corrected chi connectivity index (χ3v) is 8.74. The molecule has 0 rings (SSSR count). The third kappa shape index (κ3) is 13.5. The Morgan fingerprint density at radius 1 is 0.538 bits per heavy atom. The van der Waals surface area contributed by atoms with E-state index in [4.69, 9.17) is 92.8 Å². The molecular weight excluding hydrogens is 500 g/mol. The number of hydrogen-bond donors (Lipinski definition) is 0. The van der Waals surface area contributed by atoms with Crippen LogP contribution in [0.5, 0.6) is 0 Å². The minimum absolute atomic E-state index is 0.0767. The molecule has 0 aliphatic carbocycles. The molecule has 0 aromatic rings. The SMILES string of the molecule is CCC(Cl)C(Cl)CC(Cl)C(Cl)CC(Cl)C(Cl)CCCCCCC(Cl)CCl. The van der Waals surface area contributed by atoms with Gasteiger partial charge < -0.3 is 0 Å². The summed E-state index contributed by atoms with van der Waals surface area (Å²) in [5.41, 5.74) is 0. The van der Waals surface area contributed by atoms with Gasteiger partial charge in [0.15, 0.2) is 0 Å². The summed E-state index contributed by atoms with van der Waals surface area (Å²) in [5, 5.41) is -1.11. The van der Waals surface area contributed by atoms with Gasteiger partial charge in [0, 0.05) is 22.0 Å². The van der Waals surface area contributed by atoms with E-state index in [2.05, 4.69) is 0 Å². The van der Waals surface area contributed by atoms with Crippen LogP contribution in [-0.2, 0) is 0 Å². The average Bonchev–Trinajstić information content (AvgIpc) is 2.62. The van der Waals surface area contributed by atoms with Crippen molar-refractivity contribution in [1.29, 1.82) is 0 Å². The lowest BCUT2D eigenvalue weighted by molar-refractivity contribution is 0.548. The first-order valence-corrected chi connectivity index (χ1v) is 12.9. The molecule has 0 aromatic heterocycles. The van der Waals surface area contributed by atoms with Crippen molar-refractivity contribution in [1.82, 2.24) is 0 Å². The van der Waals surface area contributed by atoms with E-state index in [1.165, 1.54) is 0 Å². The standard InChI is InChI=1S/C18H30Cl8/c1-2-13(21)15(23)9-17(25)18(26)10-16(24)14(22)8-6-4-3-5-7-12(20)11-19/h12-18H,2-11H2,1H3. The fourth-order valence-electron chi connectivity index (χ4n) is 2.59. The first kappa shape index (κ1) is 28.3. The summed E-state index contributed by atoms with van der Waals surface area (Å²) in [6, 6.07) is 0. The molecule has 0 aliphatic heterocycles. The summed E-state index contributed by atoms with van der Waals surface area (Å²) in [5.74, 6) is 0.509. The molecule has 0 saturated heterocycles. The molecule has 0 aromatic carbocycles. The van der Waals surface area contributed by atoms with E-state index < -0.39 is 0 Å². The number of hydrogen-bond acceptors (Lipinski definition) is 0. The van der Waals surface area contributed by atoms with Crippen LogP contribution in [0.3, 0.4) is 0 Å². The molecule has 0 radical (unpaired) electrons. The Morgan fingerprint density at radius 2 is 0.962 bits per heavy atom. The van der Waals surface area contributed by atoms with Crippen LogP contribution < -0.4 is 0 Å². The molecule has 0 spiro atoms. The van der Waals surface area contributed by atoms with E-state index in [0.717, 1.165) is 44.9 Å². The van der Waals surface area contributed by atoms with Crippen molar-refractivity contribution in [2.75, 3.05) is 5.88 Å². The lowest BCUT2D eigenvalue weighted by Gasteiger charge is -2.24. The van der Waals surface area contributed by atoms with Crippen LogP contribution >= 0.6 is 92.8 Å². The Bertz CT molecular complexity index is 330. The van der Waals surface area contributed by atoms with Gasteiger partial charge in [-0.25, -0.2) is 0 Å². The zero-order chi connectivity index (χ0) is 20.1. The van der Waals surface area contributed by atoms with E-state index >= 15 is 0 Å². The van der Waals surface area contributed by atoms with Crippen LogP contribution in [0.1, 0.15) is 64.7 Å². The quantitative estimate of drug-likeness (QED) is 0.138. The summed E-state index contributed by atoms with van der Waals surface area (Å²) in [4.78, 5) is 0. The van der Waals surface area contributed by atoms with Crippen LogP contribution in [0.25, 0.3) is 0 Å². The molecule has 158 valence electrons. The molecule has 7 unspecified atom stereocenters. The Balaban J connectivity index is 3.96. The number of alkyl halides is 8. The lowest BCUT2D eigenvalue weighted by Crippen LogP contribution is -2.28. The van der Waals surface area contributed by atoms with Gasteiger partial charge >= 0.3 is 0 Å². The fourth-order valence-corrected chi connectivity index (χ4v) is 4.72. The monoisotopic (exact) mass is 526 g/mol. The second kappa shape index (κ2) is 17.0. The molecular formula is C18H30Cl8. The Morgan fingerprint density at radius 3 is 1.42 bits per heavy atom. The van der Waals surface area contributed by atoms with Crippen molar-refractivity contribution in [2.24, 2.45) is 0 Å². The average molecular weight is 530 g/mol. The zero-order valence-electron chi connectivity index (χ0n) is 15.1. The maximum absolute atomic E-state index is 6.43. The Kier molecular flexibility index (Phi) is 18.6. The Hall–Kier alpha value is 2.32. The first-order valence-electron chi connectivity index (χ1n) is 9.27. The second-order valence-corrected chi connectivity index (χ2v) is 11.0. The number of unbranched alkanes of at least 4 members (excludes halogenated alkanes) is 3. The largest absolute Gasteiger partial charge is 0.125 e. The molecule has 0 nitrogen and oxygen atoms in total. The van der Waals surface area contributed by atoms with Gasteiger partial charge in [0.1, 0.15) is 0 Å². The molecule has 0 heterocycles. The van der Waals surface area contributed by atoms with E-state index in [-0.39, 0.29) is 37.6 Å². The molecule has 0 amide bonds. The highest BCUT2D eigenvalue weighted by Gasteiger charge is 2.28. The van der Waals surface area contributed by atoms with Crippen molar-refractivity contribution >= 4 is 92.8 Å². The maximum atomic E-state index is 6.43. The fraction of sp³-hybridized carbons (Fsp3) is 1.00. The Labute approximate surface area is 199 Å². The van der Waals surface area contributed by atoms with E-state index in [1.54, 1.807) is 0 Å². The summed E-state index contributed by atoms with van der Waals surface area (Å²) >= 11 is 49.7. The van der Waals surface area contributed by atoms with E-state index in [9.17, 15) is 0 Å². The van der Waals surface area contributed by atoms with Crippen LogP contribution in [-0.4, -0.2) is 43.5 Å². The van der Waals surface area contributed by atoms with Crippen molar-refractivity contribution in [3.8, 4) is 0 Å². The van der Waals surface area contributed by atoms with Crippen molar-refractivity contribution in [2.45, 2.75) is 102 Å². The van der Waals surface area contributed by atoms with Crippen LogP contribution in [0.4, 0.5) is 0 Å². The lowest BCUT2D eigenvalue weighted by atomic mass is 10.0. The van der Waals surface area contributed by atoms with Gasteiger partial charge in [-0.05, 0) is 32.1 Å². The van der Waals surface area contributed by atoms with Crippen LogP contribution in [0.15, 0.2) is 0 Å². The highest BCUT2D eigenvalue weighted by atomic mass is 35.5. The molecule has 0 N–H and O–H groups in total. The number of rotatable bonds is 16. The van der Waals surface area contributed by atoms with Crippen LogP contribution in [0.2, 0.25) is 0 Å².